The molecule has 0 radical (unpaired) electrons. The Morgan fingerprint density at radius 1 is 0.966 bits per heavy atom. The Morgan fingerprint density at radius 2 is 1.83 bits per heavy atom. The molecule has 2 aromatic carbocycles. The zero-order valence-corrected chi connectivity index (χ0v) is 16.1. The number of hydrogen-bond acceptors (Lipinski definition) is 7. The monoisotopic (exact) mass is 388 g/mol. The summed E-state index contributed by atoms with van der Waals surface area (Å²) in [5.41, 5.74) is 5.59. The van der Waals surface area contributed by atoms with Crippen molar-refractivity contribution in [2.75, 3.05) is 36.8 Å². The van der Waals surface area contributed by atoms with Crippen molar-refractivity contribution >= 4 is 28.7 Å². The molecule has 3 heterocycles. The van der Waals surface area contributed by atoms with Crippen molar-refractivity contribution in [1.82, 2.24) is 14.4 Å². The molecule has 29 heavy (non-hydrogen) atoms. The lowest BCUT2D eigenvalue weighted by Crippen LogP contribution is -2.03. The van der Waals surface area contributed by atoms with Gasteiger partial charge in [0.15, 0.2) is 11.5 Å². The van der Waals surface area contributed by atoms with Gasteiger partial charge in [0.1, 0.15) is 5.65 Å². The largest absolute Gasteiger partial charge is 0.493 e. The van der Waals surface area contributed by atoms with Crippen molar-refractivity contribution in [1.29, 1.82) is 0 Å². The Bertz CT molecular complexity index is 1200. The van der Waals surface area contributed by atoms with E-state index in [0.29, 0.717) is 17.4 Å². The first-order valence-electron chi connectivity index (χ1n) is 9.20. The highest BCUT2D eigenvalue weighted by Gasteiger charge is 2.13. The molecule has 0 atom stereocenters. The minimum atomic E-state index is 0.654. The summed E-state index contributed by atoms with van der Waals surface area (Å²) in [6.07, 6.45) is 3.64. The van der Waals surface area contributed by atoms with Gasteiger partial charge in [0.05, 0.1) is 38.0 Å². The normalized spacial score (nSPS) is 12.2. The molecule has 0 unspecified atom stereocenters. The molecule has 5 rings (SSSR count). The number of hydrogen-bond donors (Lipinski definition) is 3. The Balaban J connectivity index is 1.57. The van der Waals surface area contributed by atoms with Crippen LogP contribution < -0.4 is 25.4 Å². The summed E-state index contributed by atoms with van der Waals surface area (Å²) in [4.78, 5) is 9.29. The second kappa shape index (κ2) is 6.90. The van der Waals surface area contributed by atoms with E-state index in [1.807, 2.05) is 47.0 Å². The zero-order chi connectivity index (χ0) is 19.8. The molecule has 0 bridgehead atoms. The summed E-state index contributed by atoms with van der Waals surface area (Å²) in [5.74, 6) is 2.01. The molecular formula is C21H20N6O2. The number of imidazole rings is 1. The van der Waals surface area contributed by atoms with E-state index in [9.17, 15) is 0 Å². The molecule has 3 N–H and O–H groups in total. The summed E-state index contributed by atoms with van der Waals surface area (Å²) < 4.78 is 12.7. The van der Waals surface area contributed by atoms with Crippen LogP contribution in [0, 0.1) is 0 Å². The van der Waals surface area contributed by atoms with E-state index in [-0.39, 0.29) is 0 Å². The fourth-order valence-corrected chi connectivity index (χ4v) is 3.44. The maximum absolute atomic E-state index is 5.44. The van der Waals surface area contributed by atoms with Gasteiger partial charge in [-0.25, -0.2) is 9.97 Å². The van der Waals surface area contributed by atoms with Gasteiger partial charge in [0.25, 0.3) is 0 Å². The van der Waals surface area contributed by atoms with Crippen molar-refractivity contribution in [2.45, 2.75) is 0 Å². The van der Waals surface area contributed by atoms with Crippen molar-refractivity contribution in [3.8, 4) is 22.8 Å². The number of aromatic nitrogens is 3. The van der Waals surface area contributed by atoms with Gasteiger partial charge < -0.3 is 25.4 Å². The molecule has 146 valence electrons. The maximum atomic E-state index is 5.44. The average molecular weight is 388 g/mol. The summed E-state index contributed by atoms with van der Waals surface area (Å²) in [6, 6.07) is 13.8. The van der Waals surface area contributed by atoms with E-state index in [4.69, 9.17) is 14.5 Å². The van der Waals surface area contributed by atoms with Gasteiger partial charge in [0.2, 0.25) is 5.95 Å². The van der Waals surface area contributed by atoms with Crippen LogP contribution in [-0.2, 0) is 0 Å². The number of fused-ring (bicyclic) bond motifs is 2. The summed E-state index contributed by atoms with van der Waals surface area (Å²) in [6.45, 7) is 0.734. The van der Waals surface area contributed by atoms with Gasteiger partial charge in [-0.15, -0.1) is 0 Å². The molecule has 0 aliphatic carbocycles. The summed E-state index contributed by atoms with van der Waals surface area (Å²) in [7, 11) is 3.24. The van der Waals surface area contributed by atoms with Crippen LogP contribution >= 0.6 is 0 Å². The Morgan fingerprint density at radius 3 is 2.69 bits per heavy atom. The van der Waals surface area contributed by atoms with E-state index in [1.54, 1.807) is 20.4 Å². The lowest BCUT2D eigenvalue weighted by molar-refractivity contribution is 0.355. The number of anilines is 4. The van der Waals surface area contributed by atoms with E-state index >= 15 is 0 Å². The Kier molecular flexibility index (Phi) is 4.09. The van der Waals surface area contributed by atoms with Crippen LogP contribution in [0.2, 0.25) is 0 Å². The third-order valence-corrected chi connectivity index (χ3v) is 4.90. The zero-order valence-electron chi connectivity index (χ0n) is 16.1. The predicted molar refractivity (Wildman–Crippen MR) is 113 cm³/mol. The third kappa shape index (κ3) is 3.04. The van der Waals surface area contributed by atoms with E-state index < -0.39 is 0 Å². The van der Waals surface area contributed by atoms with Crippen LogP contribution in [0.1, 0.15) is 0 Å². The second-order valence-corrected chi connectivity index (χ2v) is 6.61. The topological polar surface area (TPSA) is 84.7 Å². The van der Waals surface area contributed by atoms with Gasteiger partial charge in [-0.3, -0.25) is 4.40 Å². The Hall–Kier alpha value is -3.94. The third-order valence-electron chi connectivity index (χ3n) is 4.90. The molecule has 1 aliphatic rings. The quantitative estimate of drug-likeness (QED) is 0.477. The summed E-state index contributed by atoms with van der Waals surface area (Å²) in [5, 5.41) is 9.99. The lowest BCUT2D eigenvalue weighted by Gasteiger charge is -2.13. The van der Waals surface area contributed by atoms with E-state index in [1.165, 1.54) is 0 Å². The molecule has 8 heteroatoms. The van der Waals surface area contributed by atoms with Crippen molar-refractivity contribution in [2.24, 2.45) is 0 Å². The fourth-order valence-electron chi connectivity index (χ4n) is 3.44. The van der Waals surface area contributed by atoms with Gasteiger partial charge in [-0.2, -0.15) is 0 Å². The smallest absolute Gasteiger partial charge is 0.213 e. The van der Waals surface area contributed by atoms with Gasteiger partial charge in [-0.1, -0.05) is 0 Å². The molecule has 0 saturated carbocycles. The predicted octanol–water partition coefficient (Wildman–Crippen LogP) is 3.95. The molecular weight excluding hydrogens is 368 g/mol. The molecule has 0 fully saturated rings. The Labute approximate surface area is 167 Å². The number of methoxy groups -OCH3 is 2. The highest BCUT2D eigenvalue weighted by Crippen LogP contribution is 2.33. The molecule has 4 aromatic rings. The number of rotatable bonds is 5. The first-order valence-corrected chi connectivity index (χ1v) is 9.20. The first kappa shape index (κ1) is 17.2. The first-order chi connectivity index (χ1) is 14.2. The molecule has 0 saturated heterocycles. The number of ether oxygens (including phenoxy) is 2. The van der Waals surface area contributed by atoms with Crippen LogP contribution in [0.4, 0.5) is 23.0 Å². The fraction of sp³-hybridized carbons (Fsp3) is 0.143. The number of benzene rings is 2. The molecule has 0 amide bonds. The van der Waals surface area contributed by atoms with E-state index in [2.05, 4.69) is 27.0 Å². The van der Waals surface area contributed by atoms with Crippen LogP contribution in [0.15, 0.2) is 54.9 Å². The molecule has 0 spiro atoms. The minimum Gasteiger partial charge on any atom is -0.493 e. The van der Waals surface area contributed by atoms with Crippen LogP contribution in [-0.4, -0.2) is 35.3 Å². The standard InChI is InChI=1S/C21H20N6O2/c1-28-18-6-3-13(9-19(18)29-2)16-11-20-22-7-8-27(20)21(26-16)25-14-4-5-15-17(10-14)24-12-23-15/h3-11,23-24H,12H2,1-2H3,(H,25,26). The highest BCUT2D eigenvalue weighted by atomic mass is 16.5. The summed E-state index contributed by atoms with van der Waals surface area (Å²) >= 11 is 0. The second-order valence-electron chi connectivity index (χ2n) is 6.61. The lowest BCUT2D eigenvalue weighted by atomic mass is 10.1. The van der Waals surface area contributed by atoms with Gasteiger partial charge >= 0.3 is 0 Å². The van der Waals surface area contributed by atoms with Crippen molar-refractivity contribution in [3.05, 3.63) is 54.9 Å². The van der Waals surface area contributed by atoms with Crippen LogP contribution in [0.3, 0.4) is 0 Å². The SMILES string of the molecule is COc1ccc(-c2cc3nccn3c(Nc3ccc4c(c3)NCN4)n2)cc1OC. The minimum absolute atomic E-state index is 0.654. The van der Waals surface area contributed by atoms with Crippen molar-refractivity contribution in [3.63, 3.8) is 0 Å². The van der Waals surface area contributed by atoms with Gasteiger partial charge in [0, 0.05) is 29.7 Å². The molecule has 1 aliphatic heterocycles. The molecule has 8 nitrogen and oxygen atoms in total. The number of nitrogens with zero attached hydrogens (tertiary/aromatic N) is 3. The highest BCUT2D eigenvalue weighted by molar-refractivity contribution is 5.79. The number of nitrogens with one attached hydrogen (secondary N) is 3. The molecule has 2 aromatic heterocycles. The maximum Gasteiger partial charge on any atom is 0.213 e. The van der Waals surface area contributed by atoms with Crippen LogP contribution in [0.25, 0.3) is 16.9 Å². The average Bonchev–Trinajstić information content (AvgIpc) is 3.42. The van der Waals surface area contributed by atoms with Gasteiger partial charge in [-0.05, 0) is 36.4 Å². The van der Waals surface area contributed by atoms with Crippen LogP contribution in [0.5, 0.6) is 11.5 Å². The van der Waals surface area contributed by atoms with E-state index in [0.717, 1.165) is 40.6 Å². The van der Waals surface area contributed by atoms with Crippen molar-refractivity contribution < 1.29 is 9.47 Å².